The van der Waals surface area contributed by atoms with Gasteiger partial charge in [-0.2, -0.15) is 5.26 Å². The van der Waals surface area contributed by atoms with Crippen molar-refractivity contribution in [3.8, 4) is 23.3 Å². The maximum atomic E-state index is 13.1. The van der Waals surface area contributed by atoms with Gasteiger partial charge in [0.05, 0.1) is 54.6 Å². The average molecular weight is 492 g/mol. The zero-order valence-electron chi connectivity index (χ0n) is 19.1. The Morgan fingerprint density at radius 2 is 1.51 bits per heavy atom. The molecule has 0 radical (unpaired) electrons. The fourth-order valence-electron chi connectivity index (χ4n) is 3.33. The minimum atomic E-state index is -4.05. The fraction of sp³-hybridized carbons (Fsp3) is 0.125. The number of benzene rings is 3. The Bertz CT molecular complexity index is 1530. The Balaban J connectivity index is 1.82. The summed E-state index contributed by atoms with van der Waals surface area (Å²) < 4.78 is 45.0. The molecule has 0 aliphatic carbocycles. The molecule has 0 unspecified atom stereocenters. The standard InChI is InChI=1S/C24H21N5O5S/c1-32-16-12-20(22(34-3)21(13-16)33-2)28-23-24(27-19-7-5-4-6-18(19)26-23)29-35(30,31)17-10-8-15(14-25)9-11-17/h4-13H,1-3H3,(H,26,28)(H,27,29). The number of rotatable bonds is 8. The molecule has 4 aromatic rings. The van der Waals surface area contributed by atoms with Gasteiger partial charge in [0.1, 0.15) is 5.75 Å². The number of nitrogens with zero attached hydrogens (tertiary/aromatic N) is 3. The predicted molar refractivity (Wildman–Crippen MR) is 131 cm³/mol. The molecule has 0 aliphatic heterocycles. The van der Waals surface area contributed by atoms with Crippen LogP contribution in [0.2, 0.25) is 0 Å². The highest BCUT2D eigenvalue weighted by Crippen LogP contribution is 2.41. The van der Waals surface area contributed by atoms with E-state index in [1.807, 2.05) is 6.07 Å². The summed E-state index contributed by atoms with van der Waals surface area (Å²) in [6.45, 7) is 0. The van der Waals surface area contributed by atoms with Gasteiger partial charge in [0, 0.05) is 12.1 Å². The molecule has 2 N–H and O–H groups in total. The lowest BCUT2D eigenvalue weighted by Crippen LogP contribution is -2.16. The summed E-state index contributed by atoms with van der Waals surface area (Å²) in [7, 11) is 0.443. The van der Waals surface area contributed by atoms with E-state index in [0.717, 1.165) is 0 Å². The lowest BCUT2D eigenvalue weighted by atomic mass is 10.2. The summed E-state index contributed by atoms with van der Waals surface area (Å²) in [4.78, 5) is 9.04. The van der Waals surface area contributed by atoms with Crippen LogP contribution in [-0.4, -0.2) is 39.7 Å². The number of fused-ring (bicyclic) bond motifs is 1. The van der Waals surface area contributed by atoms with E-state index in [0.29, 0.717) is 39.5 Å². The van der Waals surface area contributed by atoms with E-state index in [9.17, 15) is 8.42 Å². The Hall–Kier alpha value is -4.56. The Kier molecular flexibility index (Phi) is 6.57. The highest BCUT2D eigenvalue weighted by atomic mass is 32.2. The van der Waals surface area contributed by atoms with Crippen molar-refractivity contribution in [2.24, 2.45) is 0 Å². The molecular formula is C24H21N5O5S. The predicted octanol–water partition coefficient (Wildman–Crippen LogP) is 4.07. The fourth-order valence-corrected chi connectivity index (χ4v) is 4.34. The first kappa shape index (κ1) is 23.6. The normalized spacial score (nSPS) is 10.9. The van der Waals surface area contributed by atoms with Crippen LogP contribution in [0.25, 0.3) is 11.0 Å². The van der Waals surface area contributed by atoms with Gasteiger partial charge < -0.3 is 19.5 Å². The SMILES string of the molecule is COc1cc(Nc2nc3ccccc3nc2NS(=O)(=O)c2ccc(C#N)cc2)c(OC)c(OC)c1. The number of hydrogen-bond donors (Lipinski definition) is 2. The summed E-state index contributed by atoms with van der Waals surface area (Å²) in [6.07, 6.45) is 0. The van der Waals surface area contributed by atoms with Crippen LogP contribution in [0.4, 0.5) is 17.3 Å². The number of para-hydroxylation sites is 2. The minimum absolute atomic E-state index is 0.0296. The third-order valence-electron chi connectivity index (χ3n) is 5.04. The topological polar surface area (TPSA) is 135 Å². The molecule has 178 valence electrons. The number of nitriles is 1. The molecule has 0 aliphatic rings. The minimum Gasteiger partial charge on any atom is -0.497 e. The first-order chi connectivity index (χ1) is 16.9. The van der Waals surface area contributed by atoms with Crippen molar-refractivity contribution >= 4 is 38.4 Å². The first-order valence-electron chi connectivity index (χ1n) is 10.3. The van der Waals surface area contributed by atoms with Crippen molar-refractivity contribution in [3.63, 3.8) is 0 Å². The molecule has 0 spiro atoms. The van der Waals surface area contributed by atoms with Crippen LogP contribution in [0.3, 0.4) is 0 Å². The molecule has 10 nitrogen and oxygen atoms in total. The molecule has 0 saturated heterocycles. The molecule has 0 fully saturated rings. The molecule has 35 heavy (non-hydrogen) atoms. The van der Waals surface area contributed by atoms with Crippen LogP contribution in [-0.2, 0) is 10.0 Å². The van der Waals surface area contributed by atoms with Crippen LogP contribution in [0.5, 0.6) is 17.2 Å². The number of hydrogen-bond acceptors (Lipinski definition) is 9. The summed E-state index contributed by atoms with van der Waals surface area (Å²) >= 11 is 0. The monoisotopic (exact) mass is 491 g/mol. The van der Waals surface area contributed by atoms with E-state index < -0.39 is 10.0 Å². The molecule has 3 aromatic carbocycles. The number of sulfonamides is 1. The molecule has 0 amide bonds. The number of anilines is 3. The molecule has 0 saturated carbocycles. The molecule has 0 atom stereocenters. The van der Waals surface area contributed by atoms with Gasteiger partial charge >= 0.3 is 0 Å². The number of aromatic nitrogens is 2. The Morgan fingerprint density at radius 1 is 0.857 bits per heavy atom. The Labute approximate surface area is 202 Å². The maximum Gasteiger partial charge on any atom is 0.263 e. The van der Waals surface area contributed by atoms with E-state index in [4.69, 9.17) is 19.5 Å². The summed E-state index contributed by atoms with van der Waals surface area (Å²) in [5, 5.41) is 12.1. The van der Waals surface area contributed by atoms with Gasteiger partial charge in [-0.15, -0.1) is 0 Å². The summed E-state index contributed by atoms with van der Waals surface area (Å²) in [6, 6.07) is 17.9. The zero-order chi connectivity index (χ0) is 25.0. The van der Waals surface area contributed by atoms with Crippen molar-refractivity contribution in [1.29, 1.82) is 5.26 Å². The maximum absolute atomic E-state index is 13.1. The lowest BCUT2D eigenvalue weighted by molar-refractivity contribution is 0.350. The van der Waals surface area contributed by atoms with Gasteiger partial charge in [0.15, 0.2) is 23.1 Å². The van der Waals surface area contributed by atoms with E-state index in [-0.39, 0.29) is 16.5 Å². The third-order valence-corrected chi connectivity index (χ3v) is 6.39. The first-order valence-corrected chi connectivity index (χ1v) is 11.7. The molecule has 4 rings (SSSR count). The van der Waals surface area contributed by atoms with Gasteiger partial charge in [-0.1, -0.05) is 12.1 Å². The van der Waals surface area contributed by atoms with Crippen LogP contribution in [0.15, 0.2) is 65.6 Å². The van der Waals surface area contributed by atoms with Crippen molar-refractivity contribution in [3.05, 3.63) is 66.2 Å². The second-order valence-electron chi connectivity index (χ2n) is 7.19. The summed E-state index contributed by atoms with van der Waals surface area (Å²) in [5.41, 5.74) is 1.80. The molecule has 0 bridgehead atoms. The number of nitrogens with one attached hydrogen (secondary N) is 2. The molecule has 1 heterocycles. The van der Waals surface area contributed by atoms with Crippen LogP contribution >= 0.6 is 0 Å². The van der Waals surface area contributed by atoms with Crippen molar-refractivity contribution < 1.29 is 22.6 Å². The average Bonchev–Trinajstić information content (AvgIpc) is 2.88. The molecular weight excluding hydrogens is 470 g/mol. The second kappa shape index (κ2) is 9.74. The van der Waals surface area contributed by atoms with Crippen LogP contribution in [0, 0.1) is 11.3 Å². The largest absolute Gasteiger partial charge is 0.497 e. The van der Waals surface area contributed by atoms with Gasteiger partial charge in [0.25, 0.3) is 10.0 Å². The van der Waals surface area contributed by atoms with E-state index >= 15 is 0 Å². The number of ether oxygens (including phenoxy) is 3. The molecule has 1 aromatic heterocycles. The van der Waals surface area contributed by atoms with Gasteiger partial charge in [-0.05, 0) is 36.4 Å². The third kappa shape index (κ3) is 4.87. The lowest BCUT2D eigenvalue weighted by Gasteiger charge is -2.18. The van der Waals surface area contributed by atoms with Crippen molar-refractivity contribution in [2.75, 3.05) is 31.4 Å². The van der Waals surface area contributed by atoms with Crippen LogP contribution < -0.4 is 24.2 Å². The van der Waals surface area contributed by atoms with Gasteiger partial charge in [-0.3, -0.25) is 4.72 Å². The quantitative estimate of drug-likeness (QED) is 0.374. The van der Waals surface area contributed by atoms with Crippen LogP contribution in [0.1, 0.15) is 5.56 Å². The summed E-state index contributed by atoms with van der Waals surface area (Å²) in [5.74, 6) is 1.36. The highest BCUT2D eigenvalue weighted by Gasteiger charge is 2.21. The van der Waals surface area contributed by atoms with E-state index in [1.165, 1.54) is 45.6 Å². The number of methoxy groups -OCH3 is 3. The van der Waals surface area contributed by atoms with Crippen molar-refractivity contribution in [1.82, 2.24) is 9.97 Å². The van der Waals surface area contributed by atoms with Crippen molar-refractivity contribution in [2.45, 2.75) is 4.90 Å². The second-order valence-corrected chi connectivity index (χ2v) is 8.87. The van der Waals surface area contributed by atoms with E-state index in [2.05, 4.69) is 20.0 Å². The smallest absolute Gasteiger partial charge is 0.263 e. The van der Waals surface area contributed by atoms with Gasteiger partial charge in [-0.25, -0.2) is 18.4 Å². The zero-order valence-corrected chi connectivity index (χ0v) is 19.9. The van der Waals surface area contributed by atoms with Gasteiger partial charge in [0.2, 0.25) is 0 Å². The Morgan fingerprint density at radius 3 is 2.09 bits per heavy atom. The highest BCUT2D eigenvalue weighted by molar-refractivity contribution is 7.92. The molecule has 11 heteroatoms. The van der Waals surface area contributed by atoms with E-state index in [1.54, 1.807) is 36.4 Å².